The number of aromatic amines is 2. The number of amides is 1. The number of aliphatic hydroxyl groups is 1. The van der Waals surface area contributed by atoms with Crippen LogP contribution in [-0.4, -0.2) is 73.2 Å². The number of hydrogen-bond acceptors (Lipinski definition) is 5. The van der Waals surface area contributed by atoms with Crippen molar-refractivity contribution in [3.8, 4) is 0 Å². The van der Waals surface area contributed by atoms with Gasteiger partial charge in [0.1, 0.15) is 17.2 Å². The first-order chi connectivity index (χ1) is 19.2. The molecule has 2 aromatic heterocycles. The number of H-pyrrole nitrogens is 2. The molecule has 226 valence electrons. The van der Waals surface area contributed by atoms with E-state index in [9.17, 15) is 14.3 Å². The first-order valence-electron chi connectivity index (χ1n) is 14.1. The molecule has 2 aromatic carbocycles. The van der Waals surface area contributed by atoms with E-state index in [0.29, 0.717) is 17.8 Å². The molecule has 1 aliphatic heterocycles. The van der Waals surface area contributed by atoms with Crippen LogP contribution in [-0.2, 0) is 0 Å². The second kappa shape index (κ2) is 11.4. The van der Waals surface area contributed by atoms with Crippen LogP contribution < -0.4 is 5.32 Å². The summed E-state index contributed by atoms with van der Waals surface area (Å²) in [4.78, 5) is 28.8. The van der Waals surface area contributed by atoms with Crippen LogP contribution in [0.3, 0.4) is 0 Å². The average Bonchev–Trinajstić information content (AvgIpc) is 3.61. The number of para-hydroxylation sites is 2. The highest BCUT2D eigenvalue weighted by Crippen LogP contribution is 2.38. The molecule has 4 atom stereocenters. The number of carbonyl (C=O) groups is 1. The Bertz CT molecular complexity index is 1570. The van der Waals surface area contributed by atoms with Crippen molar-refractivity contribution in [3.63, 3.8) is 0 Å². The maximum Gasteiger partial charge on any atom is 0.268 e. The van der Waals surface area contributed by atoms with Gasteiger partial charge < -0.3 is 25.3 Å². The minimum atomic E-state index is -1.40. The van der Waals surface area contributed by atoms with Crippen LogP contribution in [0.4, 0.5) is 4.39 Å². The number of nitrogens with one attached hydrogen (secondary N) is 3. The van der Waals surface area contributed by atoms with Gasteiger partial charge in [-0.3, -0.25) is 9.69 Å². The van der Waals surface area contributed by atoms with E-state index in [1.54, 1.807) is 19.1 Å². The van der Waals surface area contributed by atoms with Gasteiger partial charge in [0.05, 0.1) is 28.3 Å². The maximum absolute atomic E-state index is 13.7. The van der Waals surface area contributed by atoms with Crippen molar-refractivity contribution >= 4 is 43.4 Å². The van der Waals surface area contributed by atoms with Crippen molar-refractivity contribution in [2.75, 3.05) is 20.1 Å². The Morgan fingerprint density at radius 3 is 2.60 bits per heavy atom. The van der Waals surface area contributed by atoms with Crippen LogP contribution in [0, 0.1) is 11.2 Å². The second-order valence-electron chi connectivity index (χ2n) is 12.9. The molecule has 1 saturated heterocycles. The highest BCUT2D eigenvalue weighted by molar-refractivity contribution is 6.92. The molecule has 3 heterocycles. The number of benzene rings is 2. The Hall–Kier alpha value is -3.26. The number of imidazole rings is 1. The molecular formula is C32H44FN6O2P. The van der Waals surface area contributed by atoms with Gasteiger partial charge in [-0.2, -0.15) is 9.90 Å². The SMILES string of the molecule is C=C(c1nc2ccccc2[nH]1)N1CCC[C@@]1(C)CN(C)C(C)(O)[C@@H](NC(=O)c1cc2ccc(F)cc2[nH]1)C(C)(C)C.P. The molecule has 5 rings (SSSR count). The van der Waals surface area contributed by atoms with Crippen LogP contribution in [0.1, 0.15) is 63.8 Å². The topological polar surface area (TPSA) is 100 Å². The van der Waals surface area contributed by atoms with Crippen molar-refractivity contribution in [1.29, 1.82) is 0 Å². The van der Waals surface area contributed by atoms with E-state index in [1.165, 1.54) is 12.1 Å². The number of halogens is 1. The highest BCUT2D eigenvalue weighted by Gasteiger charge is 2.48. The lowest BCUT2D eigenvalue weighted by Crippen LogP contribution is -2.66. The molecule has 42 heavy (non-hydrogen) atoms. The number of nitrogens with zero attached hydrogens (tertiary/aromatic N) is 3. The zero-order valence-electron chi connectivity index (χ0n) is 25.5. The van der Waals surface area contributed by atoms with Gasteiger partial charge in [-0.05, 0) is 75.5 Å². The van der Waals surface area contributed by atoms with E-state index in [1.807, 2.05) is 57.0 Å². The third kappa shape index (κ3) is 5.96. The van der Waals surface area contributed by atoms with Gasteiger partial charge in [-0.15, -0.1) is 0 Å². The van der Waals surface area contributed by atoms with Crippen LogP contribution in [0.25, 0.3) is 27.6 Å². The predicted octanol–water partition coefficient (Wildman–Crippen LogP) is 5.55. The van der Waals surface area contributed by atoms with E-state index < -0.39 is 17.2 Å². The third-order valence-corrected chi connectivity index (χ3v) is 8.61. The summed E-state index contributed by atoms with van der Waals surface area (Å²) in [5, 5.41) is 15.9. The highest BCUT2D eigenvalue weighted by atomic mass is 31.0. The molecule has 0 saturated carbocycles. The standard InChI is InChI=1S/C32H41FN6O2.H3P/c1-20(27-35-23-11-8-9-12-24(23)36-27)39-16-10-15-31(39,5)19-38(7)32(6,41)29(30(2,3)4)37-28(40)26-17-21-13-14-22(33)18-25(21)34-26;/h8-9,11-14,17-18,29,34,41H,1,10,15-16,19H2,2-7H3,(H,35,36)(H,37,40);1H3/t29-,31-,32?;/m0./s1. The Labute approximate surface area is 250 Å². The van der Waals surface area contributed by atoms with Gasteiger partial charge in [0.15, 0.2) is 5.82 Å². The molecule has 8 nitrogen and oxygen atoms in total. The Balaban J connectivity index is 0.00000405. The molecule has 0 bridgehead atoms. The van der Waals surface area contributed by atoms with Gasteiger partial charge >= 0.3 is 0 Å². The van der Waals surface area contributed by atoms with E-state index in [-0.39, 0.29) is 27.2 Å². The number of rotatable bonds is 8. The summed E-state index contributed by atoms with van der Waals surface area (Å²) in [5.41, 5.74) is 1.35. The average molecular weight is 595 g/mol. The first-order valence-corrected chi connectivity index (χ1v) is 14.1. The fourth-order valence-electron chi connectivity index (χ4n) is 6.36. The summed E-state index contributed by atoms with van der Waals surface area (Å²) >= 11 is 0. The van der Waals surface area contributed by atoms with Crippen LogP contribution in [0.2, 0.25) is 0 Å². The van der Waals surface area contributed by atoms with Gasteiger partial charge in [0.25, 0.3) is 5.91 Å². The van der Waals surface area contributed by atoms with Gasteiger partial charge in [-0.25, -0.2) is 9.37 Å². The van der Waals surface area contributed by atoms with Crippen LogP contribution >= 0.6 is 9.90 Å². The van der Waals surface area contributed by atoms with E-state index in [4.69, 9.17) is 4.98 Å². The lowest BCUT2D eigenvalue weighted by molar-refractivity contribution is -0.137. The van der Waals surface area contributed by atoms with Crippen molar-refractivity contribution in [2.45, 2.75) is 64.8 Å². The number of likely N-dealkylation sites (N-methyl/N-ethyl adjacent to an activating group) is 1. The number of carbonyl (C=O) groups excluding carboxylic acids is 1. The lowest BCUT2D eigenvalue weighted by Gasteiger charge is -2.49. The van der Waals surface area contributed by atoms with E-state index in [2.05, 4.69) is 33.7 Å². The molecule has 0 aliphatic carbocycles. The number of aromatic nitrogens is 3. The third-order valence-electron chi connectivity index (χ3n) is 8.61. The Kier molecular flexibility index (Phi) is 8.62. The monoisotopic (exact) mass is 594 g/mol. The maximum atomic E-state index is 13.7. The molecule has 1 fully saturated rings. The Morgan fingerprint density at radius 2 is 1.90 bits per heavy atom. The van der Waals surface area contributed by atoms with E-state index >= 15 is 0 Å². The lowest BCUT2D eigenvalue weighted by atomic mass is 9.79. The largest absolute Gasteiger partial charge is 0.374 e. The number of fused-ring (bicyclic) bond motifs is 2. The quantitative estimate of drug-likeness (QED) is 0.158. The summed E-state index contributed by atoms with van der Waals surface area (Å²) in [6, 6.07) is 13.4. The summed E-state index contributed by atoms with van der Waals surface area (Å²) in [6.07, 6.45) is 1.91. The van der Waals surface area contributed by atoms with E-state index in [0.717, 1.165) is 47.3 Å². The Morgan fingerprint density at radius 1 is 1.19 bits per heavy atom. The zero-order valence-corrected chi connectivity index (χ0v) is 26.9. The minimum Gasteiger partial charge on any atom is -0.374 e. The molecule has 4 aromatic rings. The molecule has 4 N–H and O–H groups in total. The first kappa shape index (κ1) is 31.7. The molecule has 1 aliphatic rings. The van der Waals surface area contributed by atoms with Crippen molar-refractivity contribution < 1.29 is 14.3 Å². The fourth-order valence-corrected chi connectivity index (χ4v) is 6.36. The normalized spacial score (nSPS) is 19.6. The fraction of sp³-hybridized carbons (Fsp3) is 0.438. The number of likely N-dealkylation sites (tertiary alicyclic amines) is 1. The van der Waals surface area contributed by atoms with Crippen LogP contribution in [0.5, 0.6) is 0 Å². The molecular weight excluding hydrogens is 550 g/mol. The zero-order chi connectivity index (χ0) is 29.7. The second-order valence-corrected chi connectivity index (χ2v) is 12.9. The molecule has 2 unspecified atom stereocenters. The van der Waals surface area contributed by atoms with Crippen LogP contribution in [0.15, 0.2) is 55.1 Å². The smallest absolute Gasteiger partial charge is 0.268 e. The molecule has 0 radical (unpaired) electrons. The van der Waals surface area contributed by atoms with Crippen molar-refractivity contribution in [1.82, 2.24) is 30.1 Å². The molecule has 1 amide bonds. The molecule has 10 heteroatoms. The summed E-state index contributed by atoms with van der Waals surface area (Å²) in [5.74, 6) is 0.00912. The number of hydrogen-bond donors (Lipinski definition) is 4. The summed E-state index contributed by atoms with van der Waals surface area (Å²) < 4.78 is 13.7. The summed E-state index contributed by atoms with van der Waals surface area (Å²) in [6.45, 7) is 15.7. The van der Waals surface area contributed by atoms with Crippen molar-refractivity contribution in [3.05, 3.63) is 72.4 Å². The van der Waals surface area contributed by atoms with Gasteiger partial charge in [-0.1, -0.05) is 39.5 Å². The summed E-state index contributed by atoms with van der Waals surface area (Å²) in [7, 11) is 1.89. The van der Waals surface area contributed by atoms with Gasteiger partial charge in [0.2, 0.25) is 0 Å². The van der Waals surface area contributed by atoms with Crippen molar-refractivity contribution in [2.24, 2.45) is 5.41 Å². The molecule has 0 spiro atoms. The van der Waals surface area contributed by atoms with Gasteiger partial charge in [0, 0.05) is 24.0 Å². The predicted molar refractivity (Wildman–Crippen MR) is 173 cm³/mol. The minimum absolute atomic E-state index is 0.